The maximum atomic E-state index is 8.46. The molecule has 2 N–H and O–H groups in total. The smallest absolute Gasteiger partial charge is 0.180 e. The molecule has 0 heterocycles. The van der Waals surface area contributed by atoms with Crippen molar-refractivity contribution in [1.82, 2.24) is 0 Å². The molecule has 0 saturated heterocycles. The van der Waals surface area contributed by atoms with E-state index in [4.69, 9.17) is 10.2 Å². The number of rotatable bonds is 2. The van der Waals surface area contributed by atoms with Gasteiger partial charge >= 0.3 is 0 Å². The maximum Gasteiger partial charge on any atom is 0.180 e. The monoisotopic (exact) mass is 138 g/mol. The van der Waals surface area contributed by atoms with E-state index in [9.17, 15) is 0 Å². The van der Waals surface area contributed by atoms with Crippen molar-refractivity contribution in [3.63, 3.8) is 0 Å². The van der Waals surface area contributed by atoms with Gasteiger partial charge in [0.1, 0.15) is 6.10 Å². The molecule has 9 heavy (non-hydrogen) atoms. The van der Waals surface area contributed by atoms with Crippen LogP contribution in [-0.2, 0) is 4.74 Å². The molecular formula is C6H18O3. The molecule has 0 amide bonds. The third-order valence-corrected chi connectivity index (χ3v) is 0.654. The summed E-state index contributed by atoms with van der Waals surface area (Å²) in [5.74, 6) is 0. The third-order valence-electron chi connectivity index (χ3n) is 0.654. The molecule has 60 valence electrons. The second-order valence-corrected chi connectivity index (χ2v) is 1.37. The Morgan fingerprint density at radius 2 is 1.56 bits per heavy atom. The van der Waals surface area contributed by atoms with Crippen molar-refractivity contribution in [3.05, 3.63) is 0 Å². The van der Waals surface area contributed by atoms with Gasteiger partial charge in [0.15, 0.2) is 6.29 Å². The summed E-state index contributed by atoms with van der Waals surface area (Å²) in [6.45, 7) is 1.45. The van der Waals surface area contributed by atoms with Crippen molar-refractivity contribution in [3.8, 4) is 0 Å². The molecule has 0 radical (unpaired) electrons. The topological polar surface area (TPSA) is 49.7 Å². The largest absolute Gasteiger partial charge is 0.388 e. The van der Waals surface area contributed by atoms with E-state index in [1.165, 1.54) is 14.0 Å². The first kappa shape index (κ1) is 15.9. The lowest BCUT2D eigenvalue weighted by molar-refractivity contribution is -0.137. The molecule has 3 nitrogen and oxygen atoms in total. The zero-order valence-corrected chi connectivity index (χ0v) is 4.46. The summed E-state index contributed by atoms with van der Waals surface area (Å²) in [6.07, 6.45) is -1.84. The molecule has 0 aliphatic rings. The molecule has 0 rings (SSSR count). The highest BCUT2D eigenvalue weighted by Crippen LogP contribution is 1.89. The van der Waals surface area contributed by atoms with Gasteiger partial charge in [-0.2, -0.15) is 0 Å². The zero-order valence-electron chi connectivity index (χ0n) is 4.46. The summed E-state index contributed by atoms with van der Waals surface area (Å²) in [5.41, 5.74) is 0. The highest BCUT2D eigenvalue weighted by molar-refractivity contribution is 4.45. The van der Waals surface area contributed by atoms with Crippen LogP contribution in [0.4, 0.5) is 0 Å². The lowest BCUT2D eigenvalue weighted by atomic mass is 10.4. The molecule has 0 aromatic heterocycles. The normalized spacial score (nSPS) is 14.7. The fourth-order valence-electron chi connectivity index (χ4n) is 0.197. The van der Waals surface area contributed by atoms with E-state index in [2.05, 4.69) is 4.74 Å². The van der Waals surface area contributed by atoms with Crippen LogP contribution in [0.15, 0.2) is 0 Å². The Morgan fingerprint density at radius 1 is 1.22 bits per heavy atom. The summed E-state index contributed by atoms with van der Waals surface area (Å²) in [7, 11) is 1.33. The van der Waals surface area contributed by atoms with Gasteiger partial charge in [-0.15, -0.1) is 0 Å². The van der Waals surface area contributed by atoms with E-state index in [1.54, 1.807) is 0 Å². The number of hydrogen-bond donors (Lipinski definition) is 2. The zero-order chi connectivity index (χ0) is 5.86. The Hall–Kier alpha value is -0.120. The van der Waals surface area contributed by atoms with Crippen LogP contribution in [0.3, 0.4) is 0 Å². The Morgan fingerprint density at radius 3 is 1.56 bits per heavy atom. The number of hydrogen-bond acceptors (Lipinski definition) is 3. The minimum Gasteiger partial charge on any atom is -0.388 e. The van der Waals surface area contributed by atoms with Crippen LogP contribution in [0.1, 0.15) is 21.8 Å². The first-order valence-electron chi connectivity index (χ1n) is 2.07. The number of ether oxygens (including phenoxy) is 1. The molecule has 2 unspecified atom stereocenters. The van der Waals surface area contributed by atoms with Crippen LogP contribution >= 0.6 is 0 Å². The van der Waals surface area contributed by atoms with Crippen LogP contribution in [0.2, 0.25) is 0 Å². The Kier molecular flexibility index (Phi) is 14.0. The van der Waals surface area contributed by atoms with E-state index in [-0.39, 0.29) is 14.9 Å². The van der Waals surface area contributed by atoms with Crippen LogP contribution in [0.25, 0.3) is 0 Å². The summed E-state index contributed by atoms with van der Waals surface area (Å²) in [4.78, 5) is 0. The molecule has 0 aliphatic carbocycles. The van der Waals surface area contributed by atoms with Crippen molar-refractivity contribution in [2.45, 2.75) is 34.2 Å². The summed E-state index contributed by atoms with van der Waals surface area (Å²) in [6, 6.07) is 0. The van der Waals surface area contributed by atoms with Crippen LogP contribution in [0.5, 0.6) is 0 Å². The first-order chi connectivity index (χ1) is 3.18. The quantitative estimate of drug-likeness (QED) is 0.549. The molecule has 0 saturated carbocycles. The first-order valence-corrected chi connectivity index (χ1v) is 2.07. The molecule has 2 atom stereocenters. The van der Waals surface area contributed by atoms with Crippen molar-refractivity contribution in [2.75, 3.05) is 7.11 Å². The second-order valence-electron chi connectivity index (χ2n) is 1.37. The number of aliphatic hydroxyl groups is 2. The fraction of sp³-hybridized carbons (Fsp3) is 1.00. The summed E-state index contributed by atoms with van der Waals surface area (Å²) >= 11 is 0. The van der Waals surface area contributed by atoms with Crippen molar-refractivity contribution < 1.29 is 14.9 Å². The maximum absolute atomic E-state index is 8.46. The van der Waals surface area contributed by atoms with E-state index >= 15 is 0 Å². The SMILES string of the molecule is C.C.COC(O)C(C)O. The standard InChI is InChI=1S/C4H10O3.2CH4/c1-3(5)4(6)7-2;;/h3-6H,1-2H3;2*1H4. The predicted octanol–water partition coefficient (Wildman–Crippen LogP) is 0.604. The van der Waals surface area contributed by atoms with Crippen molar-refractivity contribution in [1.29, 1.82) is 0 Å². The predicted molar refractivity (Wildman–Crippen MR) is 38.2 cm³/mol. The van der Waals surface area contributed by atoms with Crippen LogP contribution < -0.4 is 0 Å². The van der Waals surface area contributed by atoms with Gasteiger partial charge in [0.2, 0.25) is 0 Å². The van der Waals surface area contributed by atoms with Crippen molar-refractivity contribution in [2.24, 2.45) is 0 Å². The Balaban J connectivity index is -0.000000180. The average molecular weight is 138 g/mol. The van der Waals surface area contributed by atoms with E-state index in [0.717, 1.165) is 0 Å². The summed E-state index contributed by atoms with van der Waals surface area (Å²) in [5, 5.41) is 16.9. The molecule has 0 fully saturated rings. The lowest BCUT2D eigenvalue weighted by Gasteiger charge is -2.09. The van der Waals surface area contributed by atoms with E-state index < -0.39 is 12.4 Å². The highest BCUT2D eigenvalue weighted by Gasteiger charge is 2.06. The number of methoxy groups -OCH3 is 1. The van der Waals surface area contributed by atoms with Gasteiger partial charge in [-0.25, -0.2) is 0 Å². The summed E-state index contributed by atoms with van der Waals surface area (Å²) < 4.78 is 4.32. The van der Waals surface area contributed by atoms with Gasteiger partial charge < -0.3 is 14.9 Å². The van der Waals surface area contributed by atoms with Crippen LogP contribution in [-0.4, -0.2) is 29.7 Å². The van der Waals surface area contributed by atoms with E-state index in [0.29, 0.717) is 0 Å². The molecular weight excluding hydrogens is 120 g/mol. The Labute approximate surface area is 57.3 Å². The van der Waals surface area contributed by atoms with Crippen molar-refractivity contribution >= 4 is 0 Å². The minimum absolute atomic E-state index is 0. The van der Waals surface area contributed by atoms with Gasteiger partial charge in [-0.1, -0.05) is 14.9 Å². The molecule has 0 spiro atoms. The fourth-order valence-corrected chi connectivity index (χ4v) is 0.197. The lowest BCUT2D eigenvalue weighted by Crippen LogP contribution is -2.23. The van der Waals surface area contributed by atoms with Gasteiger partial charge in [0.25, 0.3) is 0 Å². The Bertz CT molecular complexity index is 45.6. The highest BCUT2D eigenvalue weighted by atomic mass is 16.6. The second kappa shape index (κ2) is 7.88. The molecule has 0 bridgehead atoms. The molecule has 0 aliphatic heterocycles. The van der Waals surface area contributed by atoms with E-state index in [1.807, 2.05) is 0 Å². The number of aliphatic hydroxyl groups excluding tert-OH is 2. The van der Waals surface area contributed by atoms with Gasteiger partial charge in [0.05, 0.1) is 0 Å². The van der Waals surface area contributed by atoms with Crippen LogP contribution in [0, 0.1) is 0 Å². The third kappa shape index (κ3) is 7.88. The van der Waals surface area contributed by atoms with Gasteiger partial charge in [-0.3, -0.25) is 0 Å². The van der Waals surface area contributed by atoms with Gasteiger partial charge in [-0.05, 0) is 6.92 Å². The van der Waals surface area contributed by atoms with Gasteiger partial charge in [0, 0.05) is 7.11 Å². The molecule has 3 heteroatoms. The molecule has 0 aromatic carbocycles. The minimum atomic E-state index is -1.04. The molecule has 0 aromatic rings. The average Bonchev–Trinajstić information content (AvgIpc) is 1.65.